The summed E-state index contributed by atoms with van der Waals surface area (Å²) in [6, 6.07) is 0. The predicted octanol–water partition coefficient (Wildman–Crippen LogP) is 5.79. The molecule has 26 heavy (non-hydrogen) atoms. The molecule has 1 saturated heterocycles. The van der Waals surface area contributed by atoms with Crippen molar-refractivity contribution in [1.82, 2.24) is 4.90 Å². The summed E-state index contributed by atoms with van der Waals surface area (Å²) in [7, 11) is 0. The summed E-state index contributed by atoms with van der Waals surface area (Å²) in [6.45, 7) is 19.6. The topological polar surface area (TPSA) is 21.7 Å². The molecule has 1 spiro atoms. The average Bonchev–Trinajstić information content (AvgIpc) is 2.95. The third-order valence-electron chi connectivity index (χ3n) is 6.46. The summed E-state index contributed by atoms with van der Waals surface area (Å²) in [5, 5.41) is 0. The Kier molecular flexibility index (Phi) is 8.18. The van der Waals surface area contributed by atoms with Crippen LogP contribution in [0.4, 0.5) is 0 Å². The van der Waals surface area contributed by atoms with Crippen LogP contribution in [-0.4, -0.2) is 43.0 Å². The van der Waals surface area contributed by atoms with Crippen molar-refractivity contribution in [2.45, 2.75) is 97.9 Å². The standard InChI is InChI=1S/C23H43NO2/c1-7-12-22(5,6)20-9-13-23(14-10-20)25-18-21(26-23)11-16-24(15-8-2)17-19(3)4/h20-21H,3,7-18H2,1-2,4-6H3. The molecule has 0 N–H and O–H groups in total. The monoisotopic (exact) mass is 365 g/mol. The molecule has 2 fully saturated rings. The van der Waals surface area contributed by atoms with Crippen LogP contribution in [-0.2, 0) is 9.47 Å². The van der Waals surface area contributed by atoms with Crippen LogP contribution < -0.4 is 0 Å². The van der Waals surface area contributed by atoms with E-state index in [4.69, 9.17) is 9.47 Å². The quantitative estimate of drug-likeness (QED) is 0.457. The van der Waals surface area contributed by atoms with E-state index < -0.39 is 0 Å². The van der Waals surface area contributed by atoms with E-state index >= 15 is 0 Å². The van der Waals surface area contributed by atoms with Gasteiger partial charge in [0, 0.05) is 25.9 Å². The maximum atomic E-state index is 6.47. The minimum Gasteiger partial charge on any atom is -0.347 e. The summed E-state index contributed by atoms with van der Waals surface area (Å²) in [6.07, 6.45) is 9.77. The molecule has 0 aromatic heterocycles. The van der Waals surface area contributed by atoms with Crippen LogP contribution in [0.2, 0.25) is 0 Å². The molecule has 2 rings (SSSR count). The van der Waals surface area contributed by atoms with Crippen LogP contribution in [0, 0.1) is 11.3 Å². The molecular formula is C23H43NO2. The average molecular weight is 366 g/mol. The van der Waals surface area contributed by atoms with Crippen molar-refractivity contribution in [3.63, 3.8) is 0 Å². The Morgan fingerprint density at radius 2 is 1.85 bits per heavy atom. The first-order valence-corrected chi connectivity index (χ1v) is 11.0. The highest BCUT2D eigenvalue weighted by Crippen LogP contribution is 2.47. The maximum absolute atomic E-state index is 6.47. The molecule has 0 aromatic rings. The Bertz CT molecular complexity index is 437. The van der Waals surface area contributed by atoms with Crippen LogP contribution in [0.25, 0.3) is 0 Å². The lowest BCUT2D eigenvalue weighted by molar-refractivity contribution is -0.197. The van der Waals surface area contributed by atoms with Crippen molar-refractivity contribution in [3.8, 4) is 0 Å². The van der Waals surface area contributed by atoms with Crippen LogP contribution in [0.15, 0.2) is 12.2 Å². The Balaban J connectivity index is 1.78. The fourth-order valence-electron chi connectivity index (χ4n) is 5.00. The number of ether oxygens (including phenoxy) is 2. The number of nitrogens with zero attached hydrogens (tertiary/aromatic N) is 1. The Morgan fingerprint density at radius 3 is 2.42 bits per heavy atom. The van der Waals surface area contributed by atoms with E-state index in [9.17, 15) is 0 Å². The zero-order valence-corrected chi connectivity index (χ0v) is 18.1. The lowest BCUT2D eigenvalue weighted by Crippen LogP contribution is -2.39. The Morgan fingerprint density at radius 1 is 1.15 bits per heavy atom. The van der Waals surface area contributed by atoms with Gasteiger partial charge in [-0.1, -0.05) is 46.3 Å². The second-order valence-electron chi connectivity index (χ2n) is 9.50. The van der Waals surface area contributed by atoms with Gasteiger partial charge in [0.1, 0.15) is 0 Å². The van der Waals surface area contributed by atoms with Crippen LogP contribution in [0.5, 0.6) is 0 Å². The first-order valence-electron chi connectivity index (χ1n) is 11.0. The van der Waals surface area contributed by atoms with Gasteiger partial charge < -0.3 is 9.47 Å². The van der Waals surface area contributed by atoms with Gasteiger partial charge in [0.15, 0.2) is 5.79 Å². The predicted molar refractivity (Wildman–Crippen MR) is 110 cm³/mol. The highest BCUT2D eigenvalue weighted by atomic mass is 16.7. The number of hydrogen-bond donors (Lipinski definition) is 0. The molecule has 3 heteroatoms. The first kappa shape index (κ1) is 21.9. The van der Waals surface area contributed by atoms with Gasteiger partial charge in [-0.3, -0.25) is 4.90 Å². The Labute approximate surface area is 162 Å². The van der Waals surface area contributed by atoms with Gasteiger partial charge in [0.05, 0.1) is 12.7 Å². The van der Waals surface area contributed by atoms with E-state index in [2.05, 4.69) is 46.1 Å². The van der Waals surface area contributed by atoms with Gasteiger partial charge in [-0.05, 0) is 56.9 Å². The molecule has 1 heterocycles. The minimum atomic E-state index is -0.270. The highest BCUT2D eigenvalue weighted by Gasteiger charge is 2.46. The molecule has 0 radical (unpaired) electrons. The van der Waals surface area contributed by atoms with Crippen LogP contribution in [0.1, 0.15) is 86.0 Å². The fraction of sp³-hybridized carbons (Fsp3) is 0.913. The van der Waals surface area contributed by atoms with Crippen molar-refractivity contribution in [3.05, 3.63) is 12.2 Å². The molecule has 0 aromatic carbocycles. The lowest BCUT2D eigenvalue weighted by Gasteiger charge is -2.42. The molecule has 1 aliphatic heterocycles. The Hall–Kier alpha value is -0.380. The third kappa shape index (κ3) is 6.07. The van der Waals surface area contributed by atoms with E-state index in [0.717, 1.165) is 51.4 Å². The second kappa shape index (κ2) is 9.71. The van der Waals surface area contributed by atoms with E-state index in [1.807, 2.05) is 0 Å². The van der Waals surface area contributed by atoms with Gasteiger partial charge in [-0.25, -0.2) is 0 Å². The van der Waals surface area contributed by atoms with E-state index in [-0.39, 0.29) is 11.9 Å². The smallest absolute Gasteiger partial charge is 0.168 e. The molecule has 0 bridgehead atoms. The number of rotatable bonds is 10. The van der Waals surface area contributed by atoms with E-state index in [1.165, 1.54) is 37.7 Å². The summed E-state index contributed by atoms with van der Waals surface area (Å²) in [4.78, 5) is 2.50. The largest absolute Gasteiger partial charge is 0.347 e. The molecule has 3 nitrogen and oxygen atoms in total. The van der Waals surface area contributed by atoms with Crippen molar-refractivity contribution in [1.29, 1.82) is 0 Å². The summed E-state index contributed by atoms with van der Waals surface area (Å²) >= 11 is 0. The van der Waals surface area contributed by atoms with Crippen molar-refractivity contribution in [2.75, 3.05) is 26.2 Å². The van der Waals surface area contributed by atoms with Gasteiger partial charge >= 0.3 is 0 Å². The van der Waals surface area contributed by atoms with Crippen molar-refractivity contribution in [2.24, 2.45) is 11.3 Å². The molecule has 1 unspecified atom stereocenters. The SMILES string of the molecule is C=C(C)CN(CCC)CCC1COC2(CCC(C(C)(C)CCC)CC2)O1. The summed E-state index contributed by atoms with van der Waals surface area (Å²) in [5.41, 5.74) is 1.70. The molecule has 2 aliphatic rings. The zero-order chi connectivity index (χ0) is 19.2. The van der Waals surface area contributed by atoms with Gasteiger partial charge in [0.2, 0.25) is 0 Å². The van der Waals surface area contributed by atoms with Crippen LogP contribution >= 0.6 is 0 Å². The molecule has 1 aliphatic carbocycles. The number of hydrogen-bond acceptors (Lipinski definition) is 3. The zero-order valence-electron chi connectivity index (χ0n) is 18.1. The van der Waals surface area contributed by atoms with Crippen molar-refractivity contribution < 1.29 is 9.47 Å². The fourth-order valence-corrected chi connectivity index (χ4v) is 5.00. The van der Waals surface area contributed by atoms with E-state index in [0.29, 0.717) is 5.41 Å². The minimum absolute atomic E-state index is 0.264. The molecule has 1 atom stereocenters. The normalized spacial score (nSPS) is 29.6. The summed E-state index contributed by atoms with van der Waals surface area (Å²) < 4.78 is 12.7. The lowest BCUT2D eigenvalue weighted by atomic mass is 9.68. The second-order valence-corrected chi connectivity index (χ2v) is 9.50. The van der Waals surface area contributed by atoms with Gasteiger partial charge in [-0.2, -0.15) is 0 Å². The molecule has 1 saturated carbocycles. The van der Waals surface area contributed by atoms with Crippen LogP contribution in [0.3, 0.4) is 0 Å². The first-order chi connectivity index (χ1) is 12.3. The highest BCUT2D eigenvalue weighted by molar-refractivity contribution is 4.93. The van der Waals surface area contributed by atoms with E-state index in [1.54, 1.807) is 0 Å². The third-order valence-corrected chi connectivity index (χ3v) is 6.46. The molecular weight excluding hydrogens is 322 g/mol. The molecule has 0 amide bonds. The maximum Gasteiger partial charge on any atom is 0.168 e. The van der Waals surface area contributed by atoms with Gasteiger partial charge in [0.25, 0.3) is 0 Å². The molecule has 152 valence electrons. The summed E-state index contributed by atoms with van der Waals surface area (Å²) in [5.74, 6) is 0.544. The van der Waals surface area contributed by atoms with Gasteiger partial charge in [-0.15, -0.1) is 0 Å². The van der Waals surface area contributed by atoms with Crippen molar-refractivity contribution >= 4 is 0 Å².